The third-order valence-electron chi connectivity index (χ3n) is 2.22. The normalized spacial score (nSPS) is 16.2. The summed E-state index contributed by atoms with van der Waals surface area (Å²) in [7, 11) is 0. The van der Waals surface area contributed by atoms with Crippen LogP contribution in [0.1, 0.15) is 20.8 Å². The quantitative estimate of drug-likeness (QED) is 0.725. The van der Waals surface area contributed by atoms with Crippen LogP contribution in [-0.2, 0) is 0 Å². The lowest BCUT2D eigenvalue weighted by Crippen LogP contribution is -2.71. The maximum Gasteiger partial charge on any atom is 0.432 e. The lowest BCUT2D eigenvalue weighted by molar-refractivity contribution is -0.436. The molecule has 9 heteroatoms. The Balaban J connectivity index is 6.04. The van der Waals surface area contributed by atoms with E-state index in [1.165, 1.54) is 0 Å². The first kappa shape index (κ1) is 16.4. The SMILES string of the molecule is CC(C)(C)C(F)(F)C(O)(C(F)(F)F)C(F)(F)F. The van der Waals surface area contributed by atoms with Crippen molar-refractivity contribution < 1.29 is 40.2 Å². The average molecular weight is 274 g/mol. The Bertz CT molecular complexity index is 267. The monoisotopic (exact) mass is 274 g/mol. The van der Waals surface area contributed by atoms with E-state index in [0.717, 1.165) is 0 Å². The van der Waals surface area contributed by atoms with E-state index in [-0.39, 0.29) is 0 Å². The van der Waals surface area contributed by atoms with E-state index in [0.29, 0.717) is 20.8 Å². The maximum absolute atomic E-state index is 13.3. The van der Waals surface area contributed by atoms with Crippen LogP contribution < -0.4 is 0 Å². The number of alkyl halides is 8. The summed E-state index contributed by atoms with van der Waals surface area (Å²) in [5, 5.41) is 8.55. The molecule has 0 spiro atoms. The molecule has 0 amide bonds. The molecule has 0 unspecified atom stereocenters. The van der Waals surface area contributed by atoms with E-state index in [1.807, 2.05) is 0 Å². The van der Waals surface area contributed by atoms with Crippen molar-refractivity contribution in [3.8, 4) is 0 Å². The third-order valence-corrected chi connectivity index (χ3v) is 2.22. The fourth-order valence-electron chi connectivity index (χ4n) is 1.06. The van der Waals surface area contributed by atoms with Crippen molar-refractivity contribution in [2.45, 2.75) is 44.6 Å². The average Bonchev–Trinajstić information content (AvgIpc) is 1.95. The molecule has 0 saturated heterocycles. The molecule has 0 aliphatic heterocycles. The first-order chi connectivity index (χ1) is 7.00. The van der Waals surface area contributed by atoms with Crippen molar-refractivity contribution in [1.29, 1.82) is 0 Å². The number of aliphatic hydroxyl groups is 1. The van der Waals surface area contributed by atoms with Gasteiger partial charge < -0.3 is 5.11 Å². The molecule has 0 saturated carbocycles. The number of hydrogen-bond acceptors (Lipinski definition) is 1. The molecular formula is C8H10F8O. The number of hydrogen-bond donors (Lipinski definition) is 1. The van der Waals surface area contributed by atoms with Gasteiger partial charge in [0.05, 0.1) is 0 Å². The van der Waals surface area contributed by atoms with E-state index >= 15 is 0 Å². The van der Waals surface area contributed by atoms with Crippen LogP contribution >= 0.6 is 0 Å². The zero-order chi connectivity index (χ0) is 14.5. The summed E-state index contributed by atoms with van der Waals surface area (Å²) >= 11 is 0. The highest BCUT2D eigenvalue weighted by Crippen LogP contribution is 2.57. The second-order valence-corrected chi connectivity index (χ2v) is 4.53. The zero-order valence-corrected chi connectivity index (χ0v) is 8.97. The highest BCUT2D eigenvalue weighted by atomic mass is 19.4. The Hall–Kier alpha value is -0.600. The topological polar surface area (TPSA) is 20.2 Å². The van der Waals surface area contributed by atoms with Crippen LogP contribution in [0.4, 0.5) is 35.1 Å². The minimum Gasteiger partial charge on any atom is -0.369 e. The van der Waals surface area contributed by atoms with Gasteiger partial charge >= 0.3 is 18.0 Å². The molecule has 0 aromatic heterocycles. The first-order valence-electron chi connectivity index (χ1n) is 4.24. The van der Waals surface area contributed by atoms with Gasteiger partial charge in [0.1, 0.15) is 0 Å². The van der Waals surface area contributed by atoms with Crippen LogP contribution in [0.3, 0.4) is 0 Å². The smallest absolute Gasteiger partial charge is 0.369 e. The van der Waals surface area contributed by atoms with E-state index < -0.39 is 29.3 Å². The van der Waals surface area contributed by atoms with Crippen LogP contribution in [0.15, 0.2) is 0 Å². The van der Waals surface area contributed by atoms with E-state index in [9.17, 15) is 35.1 Å². The fraction of sp³-hybridized carbons (Fsp3) is 1.00. The Kier molecular flexibility index (Phi) is 3.56. The van der Waals surface area contributed by atoms with E-state index in [2.05, 4.69) is 0 Å². The fourth-order valence-corrected chi connectivity index (χ4v) is 1.06. The van der Waals surface area contributed by atoms with Crippen LogP contribution in [0.5, 0.6) is 0 Å². The molecule has 0 atom stereocenters. The van der Waals surface area contributed by atoms with Crippen LogP contribution in [0.2, 0.25) is 0 Å². The molecule has 0 aromatic carbocycles. The predicted octanol–water partition coefficient (Wildman–Crippen LogP) is 3.52. The lowest BCUT2D eigenvalue weighted by Gasteiger charge is -2.44. The van der Waals surface area contributed by atoms with Gasteiger partial charge in [0.2, 0.25) is 0 Å². The van der Waals surface area contributed by atoms with Crippen molar-refractivity contribution in [2.75, 3.05) is 0 Å². The first-order valence-corrected chi connectivity index (χ1v) is 4.24. The number of rotatable bonds is 1. The van der Waals surface area contributed by atoms with Crippen molar-refractivity contribution >= 4 is 0 Å². The molecule has 104 valence electrons. The molecule has 0 aromatic rings. The highest BCUT2D eigenvalue weighted by molar-refractivity contribution is 5.09. The molecule has 0 aliphatic rings. The number of halogens is 8. The Morgan fingerprint density at radius 2 is 0.882 bits per heavy atom. The predicted molar refractivity (Wildman–Crippen MR) is 41.5 cm³/mol. The minimum atomic E-state index is -6.54. The molecule has 0 heterocycles. The molecule has 0 fully saturated rings. The van der Waals surface area contributed by atoms with Gasteiger partial charge in [-0.2, -0.15) is 26.3 Å². The van der Waals surface area contributed by atoms with Gasteiger partial charge in [-0.3, -0.25) is 0 Å². The Morgan fingerprint density at radius 3 is 0.941 bits per heavy atom. The molecular weight excluding hydrogens is 264 g/mol. The van der Waals surface area contributed by atoms with Gasteiger partial charge in [-0.05, 0) is 0 Å². The standard InChI is InChI=1S/C8H10F8O/c1-4(2,3)6(9,10)5(17,7(11,12)13)8(14,15)16/h17H,1-3H3. The van der Waals surface area contributed by atoms with Gasteiger partial charge in [-0.1, -0.05) is 20.8 Å². The van der Waals surface area contributed by atoms with Crippen molar-refractivity contribution in [3.63, 3.8) is 0 Å². The molecule has 1 N–H and O–H groups in total. The molecule has 17 heavy (non-hydrogen) atoms. The summed E-state index contributed by atoms with van der Waals surface area (Å²) in [5.74, 6) is -5.43. The summed E-state index contributed by atoms with van der Waals surface area (Å²) < 4.78 is 99.6. The van der Waals surface area contributed by atoms with Crippen LogP contribution in [0, 0.1) is 5.41 Å². The van der Waals surface area contributed by atoms with Gasteiger partial charge in [-0.25, -0.2) is 8.78 Å². The summed E-state index contributed by atoms with van der Waals surface area (Å²) in [6.45, 7) is 1.40. The van der Waals surface area contributed by atoms with E-state index in [4.69, 9.17) is 5.11 Å². The summed E-state index contributed by atoms with van der Waals surface area (Å²) in [5.41, 5.74) is -8.81. The molecule has 1 nitrogen and oxygen atoms in total. The van der Waals surface area contributed by atoms with Crippen molar-refractivity contribution in [2.24, 2.45) is 5.41 Å². The van der Waals surface area contributed by atoms with Crippen molar-refractivity contribution in [3.05, 3.63) is 0 Å². The minimum absolute atomic E-state index is 0.468. The highest BCUT2D eigenvalue weighted by Gasteiger charge is 2.84. The zero-order valence-electron chi connectivity index (χ0n) is 8.97. The molecule has 0 radical (unpaired) electrons. The second kappa shape index (κ2) is 3.69. The largest absolute Gasteiger partial charge is 0.432 e. The summed E-state index contributed by atoms with van der Waals surface area (Å²) in [6, 6.07) is 0. The molecule has 0 aliphatic carbocycles. The summed E-state index contributed by atoms with van der Waals surface area (Å²) in [4.78, 5) is 0. The van der Waals surface area contributed by atoms with Crippen LogP contribution in [0.25, 0.3) is 0 Å². The third kappa shape index (κ3) is 2.21. The lowest BCUT2D eigenvalue weighted by atomic mass is 9.76. The van der Waals surface area contributed by atoms with Gasteiger partial charge in [0.15, 0.2) is 0 Å². The second-order valence-electron chi connectivity index (χ2n) is 4.53. The maximum atomic E-state index is 13.3. The molecule has 0 rings (SSSR count). The Labute approximate surface area is 91.4 Å². The van der Waals surface area contributed by atoms with Gasteiger partial charge in [-0.15, -0.1) is 0 Å². The Morgan fingerprint density at radius 1 is 0.647 bits per heavy atom. The van der Waals surface area contributed by atoms with Gasteiger partial charge in [0, 0.05) is 5.41 Å². The summed E-state index contributed by atoms with van der Waals surface area (Å²) in [6.07, 6.45) is -13.1. The van der Waals surface area contributed by atoms with Gasteiger partial charge in [0.25, 0.3) is 5.92 Å². The van der Waals surface area contributed by atoms with Crippen molar-refractivity contribution in [1.82, 2.24) is 0 Å². The molecule has 0 bridgehead atoms. The van der Waals surface area contributed by atoms with Crippen LogP contribution in [-0.4, -0.2) is 29.0 Å². The van der Waals surface area contributed by atoms with E-state index in [1.54, 1.807) is 0 Å².